The van der Waals surface area contributed by atoms with Gasteiger partial charge in [-0.1, -0.05) is 26.0 Å². The molecule has 2 nitrogen and oxygen atoms in total. The summed E-state index contributed by atoms with van der Waals surface area (Å²) in [4.78, 5) is 0. The van der Waals surface area contributed by atoms with Crippen LogP contribution in [0.1, 0.15) is 37.3 Å². The Labute approximate surface area is 145 Å². The van der Waals surface area contributed by atoms with Gasteiger partial charge in [-0.05, 0) is 66.5 Å². The molecule has 24 heavy (non-hydrogen) atoms. The minimum atomic E-state index is -4.34. The largest absolute Gasteiger partial charge is 0.416 e. The Balaban J connectivity index is 1.95. The third-order valence-electron chi connectivity index (χ3n) is 3.82. The van der Waals surface area contributed by atoms with Gasteiger partial charge >= 0.3 is 6.18 Å². The van der Waals surface area contributed by atoms with E-state index >= 15 is 0 Å². The van der Waals surface area contributed by atoms with Gasteiger partial charge in [-0.25, -0.2) is 0 Å². The van der Waals surface area contributed by atoms with Crippen LogP contribution in [-0.4, -0.2) is 5.11 Å². The van der Waals surface area contributed by atoms with E-state index in [1.807, 2.05) is 24.3 Å². The van der Waals surface area contributed by atoms with Gasteiger partial charge in [0.2, 0.25) is 0 Å². The summed E-state index contributed by atoms with van der Waals surface area (Å²) < 4.78 is 37.6. The van der Waals surface area contributed by atoms with Gasteiger partial charge in [-0.15, -0.1) is 0 Å². The number of thiocarbonyl (C=S) groups is 1. The van der Waals surface area contributed by atoms with Crippen LogP contribution in [0.4, 0.5) is 24.5 Å². The predicted molar refractivity (Wildman–Crippen MR) is 96.4 cm³/mol. The molecule has 1 unspecified atom stereocenters. The average molecular weight is 352 g/mol. The van der Waals surface area contributed by atoms with Crippen LogP contribution < -0.4 is 10.6 Å². The summed E-state index contributed by atoms with van der Waals surface area (Å²) in [6.07, 6.45) is -3.27. The minimum Gasteiger partial charge on any atom is -0.332 e. The SMILES string of the molecule is CCC(C)c1ccc(NC(=S)Nc2ccc(C(F)(F)F)cc2)cc1. The van der Waals surface area contributed by atoms with Crippen molar-refractivity contribution in [2.24, 2.45) is 0 Å². The second kappa shape index (κ2) is 7.66. The molecule has 0 aliphatic rings. The number of alkyl halides is 3. The number of rotatable bonds is 4. The number of hydrogen-bond acceptors (Lipinski definition) is 1. The summed E-state index contributed by atoms with van der Waals surface area (Å²) in [5, 5.41) is 6.21. The van der Waals surface area contributed by atoms with E-state index in [9.17, 15) is 13.2 Å². The van der Waals surface area contributed by atoms with Gasteiger partial charge in [-0.2, -0.15) is 13.2 Å². The fourth-order valence-electron chi connectivity index (χ4n) is 2.17. The van der Waals surface area contributed by atoms with Crippen LogP contribution >= 0.6 is 12.2 Å². The van der Waals surface area contributed by atoms with Crippen molar-refractivity contribution in [3.05, 3.63) is 59.7 Å². The highest BCUT2D eigenvalue weighted by molar-refractivity contribution is 7.80. The molecule has 2 N–H and O–H groups in total. The Morgan fingerprint density at radius 3 is 1.83 bits per heavy atom. The summed E-state index contributed by atoms with van der Waals surface area (Å²) in [5.41, 5.74) is 1.89. The first-order chi connectivity index (χ1) is 11.3. The van der Waals surface area contributed by atoms with E-state index in [-0.39, 0.29) is 0 Å². The van der Waals surface area contributed by atoms with E-state index in [0.717, 1.165) is 24.2 Å². The number of nitrogens with one attached hydrogen (secondary N) is 2. The lowest BCUT2D eigenvalue weighted by atomic mass is 9.99. The molecule has 0 aliphatic carbocycles. The number of benzene rings is 2. The third kappa shape index (κ3) is 4.96. The van der Waals surface area contributed by atoms with Gasteiger partial charge in [0.25, 0.3) is 0 Å². The first-order valence-electron chi connectivity index (χ1n) is 7.65. The molecule has 0 radical (unpaired) electrons. The molecule has 128 valence electrons. The van der Waals surface area contributed by atoms with Crippen LogP contribution in [0.25, 0.3) is 0 Å². The zero-order valence-electron chi connectivity index (χ0n) is 13.4. The molecule has 0 saturated heterocycles. The summed E-state index contributed by atoms with van der Waals surface area (Å²) in [6.45, 7) is 4.30. The summed E-state index contributed by atoms with van der Waals surface area (Å²) in [6, 6.07) is 12.7. The molecule has 0 saturated carbocycles. The van der Waals surface area contributed by atoms with Crippen LogP contribution in [0, 0.1) is 0 Å². The van der Waals surface area contributed by atoms with Crippen molar-refractivity contribution in [2.45, 2.75) is 32.4 Å². The van der Waals surface area contributed by atoms with Crippen molar-refractivity contribution in [1.82, 2.24) is 0 Å². The standard InChI is InChI=1S/C18H19F3N2S/c1-3-12(2)13-4-8-15(9-5-13)22-17(24)23-16-10-6-14(7-11-16)18(19,20)21/h4-12H,3H2,1-2H3,(H2,22,23,24). The molecule has 0 aromatic heterocycles. The lowest BCUT2D eigenvalue weighted by Gasteiger charge is -2.13. The lowest BCUT2D eigenvalue weighted by Crippen LogP contribution is -2.19. The maximum absolute atomic E-state index is 12.5. The average Bonchev–Trinajstić information content (AvgIpc) is 2.54. The first kappa shape index (κ1) is 18.3. The highest BCUT2D eigenvalue weighted by Gasteiger charge is 2.29. The Hall–Kier alpha value is -2.08. The van der Waals surface area contributed by atoms with Crippen LogP contribution in [0.15, 0.2) is 48.5 Å². The van der Waals surface area contributed by atoms with Crippen LogP contribution in [0.5, 0.6) is 0 Å². The summed E-state index contributed by atoms with van der Waals surface area (Å²) in [7, 11) is 0. The quantitative estimate of drug-likeness (QED) is 0.657. The molecule has 6 heteroatoms. The second-order valence-corrected chi connectivity index (χ2v) is 5.99. The topological polar surface area (TPSA) is 24.1 Å². The van der Waals surface area contributed by atoms with Crippen LogP contribution in [-0.2, 0) is 6.18 Å². The molecule has 2 rings (SSSR count). The van der Waals surface area contributed by atoms with E-state index in [4.69, 9.17) is 12.2 Å². The predicted octanol–water partition coefficient (Wildman–Crippen LogP) is 6.03. The van der Waals surface area contributed by atoms with Crippen molar-refractivity contribution < 1.29 is 13.2 Å². The van der Waals surface area contributed by atoms with Crippen molar-refractivity contribution in [2.75, 3.05) is 10.6 Å². The van der Waals surface area contributed by atoms with Gasteiger partial charge in [0.15, 0.2) is 5.11 Å². The van der Waals surface area contributed by atoms with E-state index < -0.39 is 11.7 Å². The minimum absolute atomic E-state index is 0.325. The molecule has 0 heterocycles. The highest BCUT2D eigenvalue weighted by Crippen LogP contribution is 2.29. The maximum atomic E-state index is 12.5. The summed E-state index contributed by atoms with van der Waals surface area (Å²) in [5.74, 6) is 0.497. The normalized spacial score (nSPS) is 12.5. The highest BCUT2D eigenvalue weighted by atomic mass is 32.1. The molecule has 0 bridgehead atoms. The van der Waals surface area contributed by atoms with Crippen LogP contribution in [0.2, 0.25) is 0 Å². The Bertz CT molecular complexity index is 679. The molecule has 0 spiro atoms. The fraction of sp³-hybridized carbons (Fsp3) is 0.278. The molecule has 0 amide bonds. The fourth-order valence-corrected chi connectivity index (χ4v) is 2.40. The maximum Gasteiger partial charge on any atom is 0.416 e. The zero-order chi connectivity index (χ0) is 17.7. The lowest BCUT2D eigenvalue weighted by molar-refractivity contribution is -0.137. The Kier molecular flexibility index (Phi) is 5.83. The van der Waals surface area contributed by atoms with Gasteiger partial charge in [0.05, 0.1) is 5.56 Å². The van der Waals surface area contributed by atoms with E-state index in [1.54, 1.807) is 0 Å². The van der Waals surface area contributed by atoms with Crippen molar-refractivity contribution in [3.8, 4) is 0 Å². The van der Waals surface area contributed by atoms with Gasteiger partial charge in [0, 0.05) is 11.4 Å². The van der Waals surface area contributed by atoms with Gasteiger partial charge < -0.3 is 10.6 Å². The molecule has 0 aliphatic heterocycles. The van der Waals surface area contributed by atoms with Gasteiger partial charge in [0.1, 0.15) is 0 Å². The van der Waals surface area contributed by atoms with E-state index in [2.05, 4.69) is 24.5 Å². The third-order valence-corrected chi connectivity index (χ3v) is 4.02. The van der Waals surface area contributed by atoms with Crippen LogP contribution in [0.3, 0.4) is 0 Å². The van der Waals surface area contributed by atoms with E-state index in [0.29, 0.717) is 16.7 Å². The Morgan fingerprint density at radius 1 is 0.958 bits per heavy atom. The zero-order valence-corrected chi connectivity index (χ0v) is 14.3. The number of anilines is 2. The number of halogens is 3. The van der Waals surface area contributed by atoms with Crippen molar-refractivity contribution >= 4 is 28.7 Å². The monoisotopic (exact) mass is 352 g/mol. The first-order valence-corrected chi connectivity index (χ1v) is 8.05. The van der Waals surface area contributed by atoms with Crippen molar-refractivity contribution in [1.29, 1.82) is 0 Å². The molecule has 1 atom stereocenters. The van der Waals surface area contributed by atoms with Gasteiger partial charge in [-0.3, -0.25) is 0 Å². The molecular weight excluding hydrogens is 333 g/mol. The number of hydrogen-bond donors (Lipinski definition) is 2. The van der Waals surface area contributed by atoms with Crippen molar-refractivity contribution in [3.63, 3.8) is 0 Å². The summed E-state index contributed by atoms with van der Waals surface area (Å²) >= 11 is 5.19. The van der Waals surface area contributed by atoms with E-state index in [1.165, 1.54) is 17.7 Å². The Morgan fingerprint density at radius 2 is 1.42 bits per heavy atom. The molecular formula is C18H19F3N2S. The molecule has 0 fully saturated rings. The smallest absolute Gasteiger partial charge is 0.332 e. The molecule has 2 aromatic carbocycles. The molecule has 2 aromatic rings. The second-order valence-electron chi connectivity index (χ2n) is 5.59.